The molecule has 0 bridgehead atoms. The topological polar surface area (TPSA) is 44.5 Å². The van der Waals surface area contributed by atoms with Gasteiger partial charge in [0.15, 0.2) is 5.82 Å². The van der Waals surface area contributed by atoms with Crippen molar-refractivity contribution in [1.82, 2.24) is 15.2 Å². The summed E-state index contributed by atoms with van der Waals surface area (Å²) in [6.45, 7) is 2.06. The lowest BCUT2D eigenvalue weighted by molar-refractivity contribution is 1.08. The maximum Gasteiger partial charge on any atom is 0.213 e. The summed E-state index contributed by atoms with van der Waals surface area (Å²) in [6.07, 6.45) is 0. The van der Waals surface area contributed by atoms with Crippen LogP contribution in [0.2, 0.25) is 0 Å². The molecule has 0 radical (unpaired) electrons. The predicted molar refractivity (Wildman–Crippen MR) is 51.8 cm³/mol. The zero-order valence-electron chi connectivity index (χ0n) is 6.42. The molecule has 0 saturated heterocycles. The van der Waals surface area contributed by atoms with E-state index < -0.39 is 0 Å². The number of aromatic nitrogens is 3. The molecule has 12 heavy (non-hydrogen) atoms. The predicted octanol–water partition coefficient (Wildman–Crippen LogP) is 2.50. The smallest absolute Gasteiger partial charge is 0.213 e. The monoisotopic (exact) mass is 197 g/mol. The first-order chi connectivity index (χ1) is 5.75. The Morgan fingerprint density at radius 2 is 2.33 bits per heavy atom. The van der Waals surface area contributed by atoms with Crippen LogP contribution in [-0.2, 0) is 0 Å². The van der Waals surface area contributed by atoms with E-state index >= 15 is 0 Å². The number of hydrogen-bond donors (Lipinski definition) is 2. The number of rotatable bonds is 1. The maximum absolute atomic E-state index is 4.85. The van der Waals surface area contributed by atoms with Gasteiger partial charge in [-0.15, -0.1) is 11.3 Å². The molecule has 0 aromatic carbocycles. The van der Waals surface area contributed by atoms with Gasteiger partial charge >= 0.3 is 0 Å². The van der Waals surface area contributed by atoms with Gasteiger partial charge < -0.3 is 0 Å². The van der Waals surface area contributed by atoms with Crippen molar-refractivity contribution in [3.05, 3.63) is 21.8 Å². The lowest BCUT2D eigenvalue weighted by Crippen LogP contribution is -1.73. The number of thiophene rings is 1. The lowest BCUT2D eigenvalue weighted by atomic mass is 10.3. The van der Waals surface area contributed by atoms with E-state index in [0.29, 0.717) is 4.77 Å². The van der Waals surface area contributed by atoms with Crippen LogP contribution in [0.4, 0.5) is 0 Å². The van der Waals surface area contributed by atoms with Gasteiger partial charge in [-0.3, -0.25) is 10.2 Å². The van der Waals surface area contributed by atoms with Gasteiger partial charge in [0.05, 0.1) is 4.88 Å². The standard InChI is InChI=1S/C7H7N3S2/c1-4-2-5(12-3-4)6-8-7(11)10-9-6/h2-3H,1H3,(H2,8,9,10,11). The van der Waals surface area contributed by atoms with E-state index in [2.05, 4.69) is 33.6 Å². The van der Waals surface area contributed by atoms with Gasteiger partial charge in [-0.1, -0.05) is 0 Å². The van der Waals surface area contributed by atoms with E-state index in [-0.39, 0.29) is 0 Å². The van der Waals surface area contributed by atoms with Crippen molar-refractivity contribution in [1.29, 1.82) is 0 Å². The minimum atomic E-state index is 0.496. The summed E-state index contributed by atoms with van der Waals surface area (Å²) in [5.74, 6) is 0.818. The maximum atomic E-state index is 4.85. The Kier molecular flexibility index (Phi) is 1.82. The van der Waals surface area contributed by atoms with Crippen LogP contribution in [0.25, 0.3) is 10.7 Å². The molecule has 2 heterocycles. The van der Waals surface area contributed by atoms with Gasteiger partial charge in [0.2, 0.25) is 4.77 Å². The summed E-state index contributed by atoms with van der Waals surface area (Å²) in [7, 11) is 0. The summed E-state index contributed by atoms with van der Waals surface area (Å²) in [5, 5.41) is 7.75. The fourth-order valence-electron chi connectivity index (χ4n) is 0.942. The van der Waals surface area contributed by atoms with Gasteiger partial charge in [-0.05, 0) is 36.2 Å². The minimum Gasteiger partial charge on any atom is -0.281 e. The molecule has 0 aliphatic rings. The highest BCUT2D eigenvalue weighted by Crippen LogP contribution is 2.22. The van der Waals surface area contributed by atoms with Crippen molar-refractivity contribution < 1.29 is 0 Å². The van der Waals surface area contributed by atoms with Crippen LogP contribution in [0.3, 0.4) is 0 Å². The Balaban J connectivity index is 2.50. The highest BCUT2D eigenvalue weighted by Gasteiger charge is 2.02. The van der Waals surface area contributed by atoms with Crippen LogP contribution in [0, 0.1) is 11.7 Å². The largest absolute Gasteiger partial charge is 0.281 e. The van der Waals surface area contributed by atoms with Gasteiger partial charge in [0.25, 0.3) is 0 Å². The van der Waals surface area contributed by atoms with Gasteiger partial charge in [0.1, 0.15) is 0 Å². The van der Waals surface area contributed by atoms with Gasteiger partial charge in [0, 0.05) is 0 Å². The fraction of sp³-hybridized carbons (Fsp3) is 0.143. The molecular formula is C7H7N3S2. The summed E-state index contributed by atoms with van der Waals surface area (Å²) >= 11 is 6.50. The fourth-order valence-corrected chi connectivity index (χ4v) is 1.93. The molecule has 2 N–H and O–H groups in total. The first-order valence-corrected chi connectivity index (χ1v) is 4.75. The molecule has 2 rings (SSSR count). The number of nitrogens with zero attached hydrogens (tertiary/aromatic N) is 1. The van der Waals surface area contributed by atoms with Crippen LogP contribution in [0.1, 0.15) is 5.56 Å². The highest BCUT2D eigenvalue weighted by molar-refractivity contribution is 7.71. The third-order valence-corrected chi connectivity index (χ3v) is 2.71. The number of aromatic amines is 2. The molecule has 0 unspecified atom stereocenters. The molecule has 2 aromatic heterocycles. The van der Waals surface area contributed by atoms with E-state index in [1.165, 1.54) is 5.56 Å². The molecule has 0 spiro atoms. The van der Waals surface area contributed by atoms with Crippen molar-refractivity contribution >= 4 is 23.6 Å². The second kappa shape index (κ2) is 2.84. The first kappa shape index (κ1) is 7.70. The molecule has 62 valence electrons. The molecular weight excluding hydrogens is 190 g/mol. The second-order valence-electron chi connectivity index (χ2n) is 2.50. The van der Waals surface area contributed by atoms with Crippen LogP contribution in [0.5, 0.6) is 0 Å². The molecule has 0 aliphatic carbocycles. The Hall–Kier alpha value is -0.940. The van der Waals surface area contributed by atoms with Crippen LogP contribution < -0.4 is 0 Å². The number of aryl methyl sites for hydroxylation is 1. The van der Waals surface area contributed by atoms with E-state index in [9.17, 15) is 0 Å². The lowest BCUT2D eigenvalue weighted by Gasteiger charge is -1.84. The molecule has 5 heteroatoms. The molecule has 0 saturated carbocycles. The molecule has 0 atom stereocenters. The third kappa shape index (κ3) is 1.33. The average Bonchev–Trinajstić information content (AvgIpc) is 2.58. The van der Waals surface area contributed by atoms with Gasteiger partial charge in [-0.2, -0.15) is 4.98 Å². The average molecular weight is 197 g/mol. The van der Waals surface area contributed by atoms with Crippen molar-refractivity contribution in [3.8, 4) is 10.7 Å². The van der Waals surface area contributed by atoms with Crippen LogP contribution in [-0.4, -0.2) is 15.2 Å². The van der Waals surface area contributed by atoms with E-state index in [1.807, 2.05) is 0 Å². The van der Waals surface area contributed by atoms with Crippen LogP contribution >= 0.6 is 23.6 Å². The third-order valence-electron chi connectivity index (χ3n) is 1.47. The molecule has 0 aliphatic heterocycles. The SMILES string of the molecule is Cc1csc(-c2nc(=S)[nH][nH]2)c1. The number of hydrogen-bond acceptors (Lipinski definition) is 3. The second-order valence-corrected chi connectivity index (χ2v) is 3.80. The number of H-pyrrole nitrogens is 2. The minimum absolute atomic E-state index is 0.496. The summed E-state index contributed by atoms with van der Waals surface area (Å²) in [6, 6.07) is 2.08. The molecule has 2 aromatic rings. The molecule has 0 fully saturated rings. The zero-order chi connectivity index (χ0) is 8.55. The summed E-state index contributed by atoms with van der Waals surface area (Å²) in [4.78, 5) is 5.22. The number of nitrogens with one attached hydrogen (secondary N) is 2. The molecule has 3 nitrogen and oxygen atoms in total. The normalized spacial score (nSPS) is 10.4. The summed E-state index contributed by atoms with van der Waals surface area (Å²) < 4.78 is 0.496. The van der Waals surface area contributed by atoms with Crippen LogP contribution in [0.15, 0.2) is 11.4 Å². The zero-order valence-corrected chi connectivity index (χ0v) is 8.05. The van der Waals surface area contributed by atoms with Gasteiger partial charge in [-0.25, -0.2) is 0 Å². The molecule has 0 amide bonds. The quantitative estimate of drug-likeness (QED) is 0.690. The van der Waals surface area contributed by atoms with Crippen molar-refractivity contribution in [2.45, 2.75) is 6.92 Å². The Bertz CT molecular complexity index is 437. The first-order valence-electron chi connectivity index (χ1n) is 3.46. The van der Waals surface area contributed by atoms with E-state index in [0.717, 1.165) is 10.7 Å². The Morgan fingerprint density at radius 1 is 1.50 bits per heavy atom. The Labute approximate surface area is 78.5 Å². The van der Waals surface area contributed by atoms with E-state index in [4.69, 9.17) is 12.2 Å². The van der Waals surface area contributed by atoms with Crippen molar-refractivity contribution in [2.24, 2.45) is 0 Å². The van der Waals surface area contributed by atoms with Crippen molar-refractivity contribution in [2.75, 3.05) is 0 Å². The Morgan fingerprint density at radius 3 is 2.83 bits per heavy atom. The van der Waals surface area contributed by atoms with E-state index in [1.54, 1.807) is 11.3 Å². The van der Waals surface area contributed by atoms with Crippen molar-refractivity contribution in [3.63, 3.8) is 0 Å². The highest BCUT2D eigenvalue weighted by atomic mass is 32.1. The summed E-state index contributed by atoms with van der Waals surface area (Å²) in [5.41, 5.74) is 1.25.